The van der Waals surface area contributed by atoms with Crippen molar-refractivity contribution < 1.29 is 24.2 Å². The normalized spacial score (nSPS) is 14.1. The van der Waals surface area contributed by atoms with E-state index in [0.29, 0.717) is 45.9 Å². The number of rotatable bonds is 6. The van der Waals surface area contributed by atoms with Gasteiger partial charge >= 0.3 is 0 Å². The maximum atomic E-state index is 13.5. The first-order valence-corrected chi connectivity index (χ1v) is 10.6. The minimum atomic E-state index is -0.191. The predicted octanol–water partition coefficient (Wildman–Crippen LogP) is 5.17. The number of furan rings is 1. The van der Waals surface area contributed by atoms with Crippen LogP contribution in [0.25, 0.3) is 22.3 Å². The first-order valence-electron chi connectivity index (χ1n) is 10.6. The van der Waals surface area contributed by atoms with Gasteiger partial charge in [0.1, 0.15) is 35.3 Å². The number of hydrogen-bond donors (Lipinski definition) is 2. The van der Waals surface area contributed by atoms with Crippen LogP contribution in [0.3, 0.4) is 0 Å². The highest BCUT2D eigenvalue weighted by Gasteiger charge is 2.23. The van der Waals surface area contributed by atoms with Gasteiger partial charge in [-0.05, 0) is 73.5 Å². The number of ketones is 1. The fraction of sp³-hybridized carbons (Fsp3) is 0.192. The van der Waals surface area contributed by atoms with Crippen molar-refractivity contribution in [3.8, 4) is 28.6 Å². The lowest BCUT2D eigenvalue weighted by Gasteiger charge is -2.15. The summed E-state index contributed by atoms with van der Waals surface area (Å²) in [4.78, 5) is 15.8. The lowest BCUT2D eigenvalue weighted by Crippen LogP contribution is -2.24. The molecule has 6 nitrogen and oxygen atoms in total. The molecule has 1 aromatic heterocycles. The Hall–Kier alpha value is -3.77. The minimum Gasteiger partial charge on any atom is -0.508 e. The van der Waals surface area contributed by atoms with Crippen LogP contribution >= 0.6 is 0 Å². The SMILES string of the molecule is O=C(c1ccc(OCN2CCCC2)cc1)c1c(-c2ccc(O)cc2)oc2cc(O)ccc12. The van der Waals surface area contributed by atoms with Gasteiger partial charge in [0.15, 0.2) is 5.78 Å². The van der Waals surface area contributed by atoms with Gasteiger partial charge in [0, 0.05) is 35.7 Å². The van der Waals surface area contributed by atoms with Gasteiger partial charge in [0.25, 0.3) is 0 Å². The summed E-state index contributed by atoms with van der Waals surface area (Å²) in [7, 11) is 0. The second kappa shape index (κ2) is 8.40. The lowest BCUT2D eigenvalue weighted by atomic mass is 9.97. The van der Waals surface area contributed by atoms with E-state index in [1.165, 1.54) is 25.0 Å². The summed E-state index contributed by atoms with van der Waals surface area (Å²) in [5.41, 5.74) is 2.00. The third kappa shape index (κ3) is 3.92. The van der Waals surface area contributed by atoms with E-state index in [4.69, 9.17) is 9.15 Å². The molecular formula is C26H23NO5. The molecule has 32 heavy (non-hydrogen) atoms. The van der Waals surface area contributed by atoms with Crippen molar-refractivity contribution in [2.24, 2.45) is 0 Å². The van der Waals surface area contributed by atoms with Gasteiger partial charge in [-0.15, -0.1) is 0 Å². The summed E-state index contributed by atoms with van der Waals surface area (Å²) in [5, 5.41) is 20.1. The number of aromatic hydroxyl groups is 2. The lowest BCUT2D eigenvalue weighted by molar-refractivity contribution is 0.104. The van der Waals surface area contributed by atoms with Crippen LogP contribution < -0.4 is 4.74 Å². The number of fused-ring (bicyclic) bond motifs is 1. The molecule has 0 aliphatic carbocycles. The zero-order valence-corrected chi connectivity index (χ0v) is 17.5. The van der Waals surface area contributed by atoms with Gasteiger partial charge in [-0.25, -0.2) is 0 Å². The fourth-order valence-electron chi connectivity index (χ4n) is 4.05. The first kappa shape index (κ1) is 20.2. The zero-order chi connectivity index (χ0) is 22.1. The van der Waals surface area contributed by atoms with Crippen LogP contribution in [0.5, 0.6) is 17.2 Å². The van der Waals surface area contributed by atoms with E-state index in [-0.39, 0.29) is 17.3 Å². The number of nitrogens with zero attached hydrogens (tertiary/aromatic N) is 1. The van der Waals surface area contributed by atoms with Crippen molar-refractivity contribution in [2.45, 2.75) is 12.8 Å². The highest BCUT2D eigenvalue weighted by Crippen LogP contribution is 2.37. The Morgan fingerprint density at radius 3 is 2.31 bits per heavy atom. The Bertz CT molecular complexity index is 1250. The molecule has 0 unspecified atom stereocenters. The molecule has 162 valence electrons. The Morgan fingerprint density at radius 2 is 1.59 bits per heavy atom. The van der Waals surface area contributed by atoms with E-state index in [9.17, 15) is 15.0 Å². The Kier molecular flexibility index (Phi) is 5.29. The van der Waals surface area contributed by atoms with Crippen LogP contribution in [0.15, 0.2) is 71.1 Å². The third-order valence-corrected chi connectivity index (χ3v) is 5.76. The summed E-state index contributed by atoms with van der Waals surface area (Å²) in [6, 6.07) is 18.3. The molecule has 0 radical (unpaired) electrons. The molecule has 1 fully saturated rings. The van der Waals surface area contributed by atoms with E-state index in [1.54, 1.807) is 54.6 Å². The second-order valence-electron chi connectivity index (χ2n) is 7.99. The van der Waals surface area contributed by atoms with E-state index in [0.717, 1.165) is 13.1 Å². The molecule has 0 spiro atoms. The Balaban J connectivity index is 1.48. The second-order valence-corrected chi connectivity index (χ2v) is 7.99. The highest BCUT2D eigenvalue weighted by molar-refractivity contribution is 6.19. The van der Waals surface area contributed by atoms with E-state index in [2.05, 4.69) is 4.90 Å². The summed E-state index contributed by atoms with van der Waals surface area (Å²) >= 11 is 0. The van der Waals surface area contributed by atoms with Crippen LogP contribution in [0.4, 0.5) is 0 Å². The summed E-state index contributed by atoms with van der Waals surface area (Å²) in [6.07, 6.45) is 2.41. The maximum absolute atomic E-state index is 13.5. The van der Waals surface area contributed by atoms with Crippen molar-refractivity contribution in [2.75, 3.05) is 19.8 Å². The summed E-state index contributed by atoms with van der Waals surface area (Å²) in [6.45, 7) is 2.66. The standard InChI is InChI=1S/C26H23NO5/c28-19-7-3-18(4-8-19)26-24(22-12-9-20(29)15-23(22)32-26)25(30)17-5-10-21(11-6-17)31-16-27-13-1-2-14-27/h3-12,15,28-29H,1-2,13-14,16H2. The van der Waals surface area contributed by atoms with Gasteiger partial charge in [-0.1, -0.05) is 0 Å². The molecule has 1 aliphatic heterocycles. The zero-order valence-electron chi connectivity index (χ0n) is 17.5. The van der Waals surface area contributed by atoms with Gasteiger partial charge in [0.05, 0.1) is 5.56 Å². The van der Waals surface area contributed by atoms with Gasteiger partial charge in [-0.3, -0.25) is 9.69 Å². The average Bonchev–Trinajstić information content (AvgIpc) is 3.45. The molecule has 1 saturated heterocycles. The van der Waals surface area contributed by atoms with Crippen LogP contribution in [0.2, 0.25) is 0 Å². The third-order valence-electron chi connectivity index (χ3n) is 5.76. The first-order chi connectivity index (χ1) is 15.6. The van der Waals surface area contributed by atoms with Crippen LogP contribution in [0.1, 0.15) is 28.8 Å². The quantitative estimate of drug-likeness (QED) is 0.411. The minimum absolute atomic E-state index is 0.0574. The molecule has 0 saturated carbocycles. The molecule has 1 aliphatic rings. The Labute approximate surface area is 185 Å². The van der Waals surface area contributed by atoms with Gasteiger partial charge in [0.2, 0.25) is 0 Å². The molecule has 0 bridgehead atoms. The van der Waals surface area contributed by atoms with Crippen molar-refractivity contribution in [3.63, 3.8) is 0 Å². The number of ether oxygens (including phenoxy) is 1. The molecule has 3 aromatic carbocycles. The molecule has 2 N–H and O–H groups in total. The fourth-order valence-corrected chi connectivity index (χ4v) is 4.05. The number of phenols is 2. The van der Waals surface area contributed by atoms with Crippen molar-refractivity contribution in [3.05, 3.63) is 77.9 Å². The molecule has 4 aromatic rings. The van der Waals surface area contributed by atoms with Gasteiger partial charge in [-0.2, -0.15) is 0 Å². The van der Waals surface area contributed by atoms with Crippen molar-refractivity contribution in [1.29, 1.82) is 0 Å². The number of hydrogen-bond acceptors (Lipinski definition) is 6. The van der Waals surface area contributed by atoms with Crippen LogP contribution in [0, 0.1) is 0 Å². The monoisotopic (exact) mass is 429 g/mol. The molecular weight excluding hydrogens is 406 g/mol. The predicted molar refractivity (Wildman–Crippen MR) is 121 cm³/mol. The smallest absolute Gasteiger partial charge is 0.197 e. The van der Waals surface area contributed by atoms with E-state index >= 15 is 0 Å². The number of carbonyl (C=O) groups excluding carboxylic acids is 1. The molecule has 0 atom stereocenters. The van der Waals surface area contributed by atoms with Crippen molar-refractivity contribution in [1.82, 2.24) is 4.90 Å². The highest BCUT2D eigenvalue weighted by atomic mass is 16.5. The number of benzene rings is 3. The summed E-state index contributed by atoms with van der Waals surface area (Å²) < 4.78 is 11.8. The molecule has 0 amide bonds. The van der Waals surface area contributed by atoms with Crippen LogP contribution in [-0.4, -0.2) is 40.7 Å². The van der Waals surface area contributed by atoms with Crippen LogP contribution in [-0.2, 0) is 0 Å². The average molecular weight is 429 g/mol. The summed E-state index contributed by atoms with van der Waals surface area (Å²) in [5.74, 6) is 1.10. The topological polar surface area (TPSA) is 83.1 Å². The van der Waals surface area contributed by atoms with E-state index < -0.39 is 0 Å². The number of likely N-dealkylation sites (tertiary alicyclic amines) is 1. The molecule has 5 rings (SSSR count). The Morgan fingerprint density at radius 1 is 0.906 bits per heavy atom. The number of carbonyl (C=O) groups is 1. The van der Waals surface area contributed by atoms with Crippen molar-refractivity contribution >= 4 is 16.8 Å². The van der Waals surface area contributed by atoms with Gasteiger partial charge < -0.3 is 19.4 Å². The van der Waals surface area contributed by atoms with E-state index in [1.807, 2.05) is 0 Å². The maximum Gasteiger partial charge on any atom is 0.197 e. The largest absolute Gasteiger partial charge is 0.508 e. The molecule has 2 heterocycles. The molecule has 6 heteroatoms. The number of phenolic OH excluding ortho intramolecular Hbond substituents is 2.